The molecule has 0 unspecified atom stereocenters. The SMILES string of the molecule is N#Cc1ccc(CNc2c(N)cncc2Br)cc1. The van der Waals surface area contributed by atoms with Gasteiger partial charge in [0.05, 0.1) is 33.7 Å². The summed E-state index contributed by atoms with van der Waals surface area (Å²) in [4.78, 5) is 3.97. The molecule has 0 amide bonds. The molecule has 0 saturated carbocycles. The number of aromatic nitrogens is 1. The quantitative estimate of drug-likeness (QED) is 0.914. The van der Waals surface area contributed by atoms with E-state index in [1.165, 1.54) is 0 Å². The second kappa shape index (κ2) is 5.52. The third-order valence-corrected chi connectivity index (χ3v) is 3.08. The van der Waals surface area contributed by atoms with E-state index in [9.17, 15) is 0 Å². The molecule has 90 valence electrons. The van der Waals surface area contributed by atoms with Gasteiger partial charge in [0.15, 0.2) is 0 Å². The molecule has 0 fully saturated rings. The van der Waals surface area contributed by atoms with Crippen LogP contribution in [0.4, 0.5) is 11.4 Å². The highest BCUT2D eigenvalue weighted by Crippen LogP contribution is 2.27. The van der Waals surface area contributed by atoms with Crippen LogP contribution in [-0.2, 0) is 6.54 Å². The number of nitrogens with two attached hydrogens (primary N) is 1. The van der Waals surface area contributed by atoms with Crippen LogP contribution >= 0.6 is 15.9 Å². The molecule has 0 atom stereocenters. The number of nitriles is 1. The Morgan fingerprint density at radius 3 is 2.61 bits per heavy atom. The number of hydrogen-bond donors (Lipinski definition) is 2. The molecule has 1 aromatic carbocycles. The summed E-state index contributed by atoms with van der Waals surface area (Å²) in [6.45, 7) is 0.637. The number of rotatable bonds is 3. The minimum atomic E-state index is 0.595. The standard InChI is InChI=1S/C13H11BrN4/c14-11-7-17-8-12(16)13(11)18-6-10-3-1-9(5-15)2-4-10/h1-4,7-8H,6,16H2,(H,17,18). The van der Waals surface area contributed by atoms with Gasteiger partial charge in [0.25, 0.3) is 0 Å². The maximum Gasteiger partial charge on any atom is 0.0991 e. The first-order valence-corrected chi connectivity index (χ1v) is 6.12. The van der Waals surface area contributed by atoms with Gasteiger partial charge in [-0.15, -0.1) is 0 Å². The van der Waals surface area contributed by atoms with E-state index in [1.807, 2.05) is 12.1 Å². The summed E-state index contributed by atoms with van der Waals surface area (Å²) in [5.41, 5.74) is 8.99. The van der Waals surface area contributed by atoms with Crippen molar-refractivity contribution in [3.05, 3.63) is 52.3 Å². The Bertz CT molecular complexity index is 567. The Balaban J connectivity index is 2.09. The first-order valence-electron chi connectivity index (χ1n) is 5.32. The normalized spacial score (nSPS) is 9.78. The Hall–Kier alpha value is -2.06. The van der Waals surface area contributed by atoms with Crippen molar-refractivity contribution in [3.8, 4) is 6.07 Å². The Kier molecular flexibility index (Phi) is 3.80. The zero-order valence-electron chi connectivity index (χ0n) is 9.52. The fourth-order valence-corrected chi connectivity index (χ4v) is 2.01. The van der Waals surface area contributed by atoms with Gasteiger partial charge in [-0.2, -0.15) is 5.26 Å². The zero-order valence-corrected chi connectivity index (χ0v) is 11.1. The second-order valence-corrected chi connectivity index (χ2v) is 4.60. The Morgan fingerprint density at radius 2 is 2.00 bits per heavy atom. The van der Waals surface area contributed by atoms with Gasteiger partial charge in [0, 0.05) is 12.7 Å². The van der Waals surface area contributed by atoms with E-state index in [4.69, 9.17) is 11.0 Å². The molecule has 0 spiro atoms. The highest BCUT2D eigenvalue weighted by Gasteiger charge is 2.04. The molecule has 2 aromatic rings. The van der Waals surface area contributed by atoms with Gasteiger partial charge >= 0.3 is 0 Å². The van der Waals surface area contributed by atoms with Crippen LogP contribution in [0.1, 0.15) is 11.1 Å². The van der Waals surface area contributed by atoms with Crippen molar-refractivity contribution in [1.82, 2.24) is 4.98 Å². The zero-order chi connectivity index (χ0) is 13.0. The van der Waals surface area contributed by atoms with E-state index >= 15 is 0 Å². The third-order valence-electron chi connectivity index (χ3n) is 2.48. The molecule has 0 aliphatic rings. The van der Waals surface area contributed by atoms with Gasteiger partial charge in [-0.3, -0.25) is 4.98 Å². The summed E-state index contributed by atoms with van der Waals surface area (Å²) >= 11 is 3.40. The lowest BCUT2D eigenvalue weighted by molar-refractivity contribution is 1.14. The highest BCUT2D eigenvalue weighted by molar-refractivity contribution is 9.10. The topological polar surface area (TPSA) is 74.7 Å². The Morgan fingerprint density at radius 1 is 1.28 bits per heavy atom. The van der Waals surface area contributed by atoms with Gasteiger partial charge < -0.3 is 11.1 Å². The first-order chi connectivity index (χ1) is 8.70. The Labute approximate surface area is 114 Å². The number of nitrogens with one attached hydrogen (secondary N) is 1. The molecular weight excluding hydrogens is 292 g/mol. The van der Waals surface area contributed by atoms with E-state index in [-0.39, 0.29) is 0 Å². The van der Waals surface area contributed by atoms with Gasteiger partial charge in [-0.25, -0.2) is 0 Å². The van der Waals surface area contributed by atoms with Crippen molar-refractivity contribution >= 4 is 27.3 Å². The van der Waals surface area contributed by atoms with Crippen LogP contribution in [0.5, 0.6) is 0 Å². The number of nitrogen functional groups attached to an aromatic ring is 1. The lowest BCUT2D eigenvalue weighted by Gasteiger charge is -2.10. The molecule has 2 rings (SSSR count). The van der Waals surface area contributed by atoms with Crippen molar-refractivity contribution in [2.45, 2.75) is 6.54 Å². The predicted molar refractivity (Wildman–Crippen MR) is 74.8 cm³/mol. The number of hydrogen-bond acceptors (Lipinski definition) is 4. The third kappa shape index (κ3) is 2.79. The lowest BCUT2D eigenvalue weighted by Crippen LogP contribution is -2.03. The van der Waals surface area contributed by atoms with E-state index in [0.717, 1.165) is 15.7 Å². The summed E-state index contributed by atoms with van der Waals surface area (Å²) in [6.07, 6.45) is 3.29. The minimum Gasteiger partial charge on any atom is -0.396 e. The van der Waals surface area contributed by atoms with E-state index in [0.29, 0.717) is 17.8 Å². The minimum absolute atomic E-state index is 0.595. The van der Waals surface area contributed by atoms with Gasteiger partial charge in [-0.05, 0) is 33.6 Å². The summed E-state index contributed by atoms with van der Waals surface area (Å²) in [5, 5.41) is 12.0. The summed E-state index contributed by atoms with van der Waals surface area (Å²) < 4.78 is 0.830. The highest BCUT2D eigenvalue weighted by atomic mass is 79.9. The molecule has 18 heavy (non-hydrogen) atoms. The fraction of sp³-hybridized carbons (Fsp3) is 0.0769. The molecule has 1 heterocycles. The van der Waals surface area contributed by atoms with Crippen molar-refractivity contribution in [2.75, 3.05) is 11.1 Å². The molecule has 5 heteroatoms. The molecule has 4 nitrogen and oxygen atoms in total. The van der Waals surface area contributed by atoms with Crippen LogP contribution in [0.2, 0.25) is 0 Å². The predicted octanol–water partition coefficient (Wildman–Crippen LogP) is 2.91. The monoisotopic (exact) mass is 302 g/mol. The van der Waals surface area contributed by atoms with E-state index in [1.54, 1.807) is 24.5 Å². The average Bonchev–Trinajstić information content (AvgIpc) is 2.39. The number of nitrogens with zero attached hydrogens (tertiary/aromatic N) is 2. The molecule has 3 N–H and O–H groups in total. The summed E-state index contributed by atoms with van der Waals surface area (Å²) in [6, 6.07) is 9.50. The van der Waals surface area contributed by atoms with Gasteiger partial charge in [0.1, 0.15) is 0 Å². The first kappa shape index (κ1) is 12.4. The van der Waals surface area contributed by atoms with Crippen LogP contribution in [-0.4, -0.2) is 4.98 Å². The van der Waals surface area contributed by atoms with Crippen LogP contribution in [0.3, 0.4) is 0 Å². The van der Waals surface area contributed by atoms with E-state index in [2.05, 4.69) is 32.3 Å². The fourth-order valence-electron chi connectivity index (χ4n) is 1.52. The number of pyridine rings is 1. The maximum atomic E-state index is 8.71. The van der Waals surface area contributed by atoms with Crippen molar-refractivity contribution in [2.24, 2.45) is 0 Å². The molecule has 0 saturated heterocycles. The van der Waals surface area contributed by atoms with Gasteiger partial charge in [0.2, 0.25) is 0 Å². The largest absolute Gasteiger partial charge is 0.396 e. The molecule has 1 aromatic heterocycles. The van der Waals surface area contributed by atoms with E-state index < -0.39 is 0 Å². The molecule has 0 aliphatic heterocycles. The summed E-state index contributed by atoms with van der Waals surface area (Å²) in [7, 11) is 0. The lowest BCUT2D eigenvalue weighted by atomic mass is 10.1. The van der Waals surface area contributed by atoms with Crippen molar-refractivity contribution in [1.29, 1.82) is 5.26 Å². The summed E-state index contributed by atoms with van der Waals surface area (Å²) in [5.74, 6) is 0. The number of benzene rings is 1. The van der Waals surface area contributed by atoms with Crippen LogP contribution in [0, 0.1) is 11.3 Å². The van der Waals surface area contributed by atoms with Crippen molar-refractivity contribution < 1.29 is 0 Å². The smallest absolute Gasteiger partial charge is 0.0991 e. The molecule has 0 bridgehead atoms. The van der Waals surface area contributed by atoms with Crippen LogP contribution in [0.25, 0.3) is 0 Å². The second-order valence-electron chi connectivity index (χ2n) is 3.75. The van der Waals surface area contributed by atoms with Crippen LogP contribution in [0.15, 0.2) is 41.1 Å². The molecule has 0 aliphatic carbocycles. The van der Waals surface area contributed by atoms with Crippen LogP contribution < -0.4 is 11.1 Å². The average molecular weight is 303 g/mol. The molecule has 0 radical (unpaired) electrons. The van der Waals surface area contributed by atoms with Gasteiger partial charge in [-0.1, -0.05) is 12.1 Å². The number of halogens is 1. The number of anilines is 2. The maximum absolute atomic E-state index is 8.71. The molecular formula is C13H11BrN4. The van der Waals surface area contributed by atoms with Crippen molar-refractivity contribution in [3.63, 3.8) is 0 Å².